The molecule has 0 fully saturated rings. The van der Waals surface area contributed by atoms with Crippen molar-refractivity contribution in [2.75, 3.05) is 11.9 Å². The zero-order valence-corrected chi connectivity index (χ0v) is 21.2. The van der Waals surface area contributed by atoms with Gasteiger partial charge in [0.2, 0.25) is 18.0 Å². The second-order valence-electron chi connectivity index (χ2n) is 8.59. The van der Waals surface area contributed by atoms with E-state index in [0.717, 1.165) is 11.1 Å². The van der Waals surface area contributed by atoms with Crippen LogP contribution in [-0.4, -0.2) is 36.6 Å². The van der Waals surface area contributed by atoms with E-state index in [4.69, 9.17) is 28.9 Å². The van der Waals surface area contributed by atoms with Crippen LogP contribution in [0.1, 0.15) is 34.0 Å². The van der Waals surface area contributed by atoms with Crippen molar-refractivity contribution in [1.82, 2.24) is 5.32 Å². The van der Waals surface area contributed by atoms with Crippen molar-refractivity contribution >= 4 is 52.3 Å². The molecule has 2 atom stereocenters. The van der Waals surface area contributed by atoms with E-state index in [9.17, 15) is 14.4 Å². The van der Waals surface area contributed by atoms with Gasteiger partial charge < -0.3 is 16.0 Å². The van der Waals surface area contributed by atoms with Gasteiger partial charge >= 0.3 is 0 Å². The molecule has 3 aromatic rings. The maximum absolute atomic E-state index is 13.3. The van der Waals surface area contributed by atoms with Gasteiger partial charge in [-0.1, -0.05) is 66.5 Å². The number of nitrogens with zero attached hydrogens (tertiary/aromatic N) is 2. The van der Waals surface area contributed by atoms with Crippen molar-refractivity contribution in [3.8, 4) is 0 Å². The molecule has 1 aliphatic heterocycles. The van der Waals surface area contributed by atoms with E-state index in [1.807, 2.05) is 24.3 Å². The molecule has 1 unspecified atom stereocenters. The van der Waals surface area contributed by atoms with Gasteiger partial charge in [0.1, 0.15) is 0 Å². The van der Waals surface area contributed by atoms with E-state index in [2.05, 4.69) is 10.3 Å². The number of carbonyl (C=O) groups excluding carboxylic acids is 3. The molecule has 4 rings (SSSR count). The number of amides is 3. The van der Waals surface area contributed by atoms with Crippen LogP contribution in [0.2, 0.25) is 10.0 Å². The molecule has 9 heteroatoms. The number of likely N-dealkylation sites (N-methyl/N-ethyl adjacent to an activating group) is 1. The van der Waals surface area contributed by atoms with Crippen LogP contribution >= 0.6 is 23.2 Å². The molecule has 0 saturated heterocycles. The molecule has 0 bridgehead atoms. The summed E-state index contributed by atoms with van der Waals surface area (Å²) >= 11 is 12.2. The van der Waals surface area contributed by atoms with Crippen LogP contribution in [0.5, 0.6) is 0 Å². The summed E-state index contributed by atoms with van der Waals surface area (Å²) in [6.07, 6.45) is -0.784. The summed E-state index contributed by atoms with van der Waals surface area (Å²) in [5, 5.41) is 3.78. The molecular weight excluding hydrogens is 499 g/mol. The number of nitrogens with one attached hydrogen (secondary N) is 1. The first-order chi connectivity index (χ1) is 17.2. The number of rotatable bonds is 6. The molecule has 7 nitrogen and oxygen atoms in total. The SMILES string of the molecule is C[C@@H](Cc1ccc(Cl)cc1Cl)C(=O)NC1N=C(c2ccc(C(N)=O)cc2)c2ccccc2N(C)C1=O. The molecule has 0 aromatic heterocycles. The molecular formula is C27H24Cl2N4O3. The van der Waals surface area contributed by atoms with Crippen LogP contribution in [0.3, 0.4) is 0 Å². The van der Waals surface area contributed by atoms with Gasteiger partial charge in [0.05, 0.1) is 11.4 Å². The number of hydrogen-bond donors (Lipinski definition) is 2. The largest absolute Gasteiger partial charge is 0.366 e. The molecule has 0 radical (unpaired) electrons. The van der Waals surface area contributed by atoms with Crippen molar-refractivity contribution < 1.29 is 14.4 Å². The smallest absolute Gasteiger partial charge is 0.272 e. The van der Waals surface area contributed by atoms with E-state index in [1.54, 1.807) is 56.4 Å². The molecule has 3 aromatic carbocycles. The number of para-hydroxylation sites is 1. The zero-order valence-electron chi connectivity index (χ0n) is 19.7. The van der Waals surface area contributed by atoms with Crippen LogP contribution in [-0.2, 0) is 16.0 Å². The molecule has 184 valence electrons. The maximum Gasteiger partial charge on any atom is 0.272 e. The number of nitrogens with two attached hydrogens (primary N) is 1. The molecule has 0 saturated carbocycles. The summed E-state index contributed by atoms with van der Waals surface area (Å²) in [5.74, 6) is -1.75. The minimum absolute atomic E-state index is 0.342. The molecule has 0 aliphatic carbocycles. The van der Waals surface area contributed by atoms with E-state index in [1.165, 1.54) is 4.90 Å². The van der Waals surface area contributed by atoms with Gasteiger partial charge in [-0.25, -0.2) is 4.99 Å². The number of carbonyl (C=O) groups is 3. The Morgan fingerprint density at radius 1 is 1.08 bits per heavy atom. The van der Waals surface area contributed by atoms with Crippen LogP contribution < -0.4 is 16.0 Å². The van der Waals surface area contributed by atoms with Crippen molar-refractivity contribution in [1.29, 1.82) is 0 Å². The van der Waals surface area contributed by atoms with E-state index < -0.39 is 18.0 Å². The highest BCUT2D eigenvalue weighted by molar-refractivity contribution is 6.35. The molecule has 3 N–H and O–H groups in total. The second-order valence-corrected chi connectivity index (χ2v) is 9.43. The van der Waals surface area contributed by atoms with Gasteiger partial charge in [0.25, 0.3) is 5.91 Å². The third-order valence-electron chi connectivity index (χ3n) is 6.05. The predicted molar refractivity (Wildman–Crippen MR) is 142 cm³/mol. The maximum atomic E-state index is 13.3. The standard InChI is InChI=1S/C27H24Cl2N4O3/c1-15(13-18-11-12-19(28)14-21(18)29)26(35)32-25-27(36)33(2)22-6-4-3-5-20(22)23(31-25)16-7-9-17(10-8-16)24(30)34/h3-12,14-15,25H,13H2,1-2H3,(H2,30,34)(H,32,35)/t15-,25?/m0/s1. The third-order valence-corrected chi connectivity index (χ3v) is 6.64. The highest BCUT2D eigenvalue weighted by atomic mass is 35.5. The Morgan fingerprint density at radius 2 is 1.78 bits per heavy atom. The fraction of sp³-hybridized carbons (Fsp3) is 0.185. The van der Waals surface area contributed by atoms with Crippen LogP contribution in [0.4, 0.5) is 5.69 Å². The number of anilines is 1. The minimum atomic E-state index is -1.15. The average Bonchev–Trinajstić information content (AvgIpc) is 2.96. The normalized spacial score (nSPS) is 16.0. The topological polar surface area (TPSA) is 105 Å². The Bertz CT molecular complexity index is 1370. The quantitative estimate of drug-likeness (QED) is 0.505. The lowest BCUT2D eigenvalue weighted by Crippen LogP contribution is -2.47. The van der Waals surface area contributed by atoms with Crippen molar-refractivity contribution in [2.45, 2.75) is 19.5 Å². The molecule has 1 heterocycles. The summed E-state index contributed by atoms with van der Waals surface area (Å²) in [6.45, 7) is 1.76. The van der Waals surface area contributed by atoms with Crippen molar-refractivity contribution in [2.24, 2.45) is 16.6 Å². The predicted octanol–water partition coefficient (Wildman–Crippen LogP) is 4.23. The number of hydrogen-bond acceptors (Lipinski definition) is 4. The third kappa shape index (κ3) is 5.27. The van der Waals surface area contributed by atoms with Crippen LogP contribution in [0.15, 0.2) is 71.7 Å². The molecule has 36 heavy (non-hydrogen) atoms. The number of benzodiazepines with no additional fused rings is 1. The second kappa shape index (κ2) is 10.5. The lowest BCUT2D eigenvalue weighted by atomic mass is 9.99. The Labute approximate surface area is 218 Å². The Kier molecular flexibility index (Phi) is 7.43. The van der Waals surface area contributed by atoms with Gasteiger partial charge in [-0.15, -0.1) is 0 Å². The van der Waals surface area contributed by atoms with Crippen LogP contribution in [0, 0.1) is 5.92 Å². The fourth-order valence-electron chi connectivity index (χ4n) is 4.03. The number of fused-ring (bicyclic) bond motifs is 1. The molecule has 1 aliphatic rings. The first-order valence-electron chi connectivity index (χ1n) is 11.2. The van der Waals surface area contributed by atoms with Gasteiger partial charge in [0.15, 0.2) is 0 Å². The molecule has 0 spiro atoms. The van der Waals surface area contributed by atoms with Gasteiger partial charge in [-0.05, 0) is 42.3 Å². The Balaban J connectivity index is 1.66. The van der Waals surface area contributed by atoms with E-state index in [0.29, 0.717) is 39.0 Å². The Hall–Kier alpha value is -3.68. The van der Waals surface area contributed by atoms with E-state index in [-0.39, 0.29) is 11.8 Å². The summed E-state index contributed by atoms with van der Waals surface area (Å²) < 4.78 is 0. The van der Waals surface area contributed by atoms with E-state index >= 15 is 0 Å². The summed E-state index contributed by atoms with van der Waals surface area (Å²) in [7, 11) is 1.64. The summed E-state index contributed by atoms with van der Waals surface area (Å²) in [4.78, 5) is 44.1. The summed E-state index contributed by atoms with van der Waals surface area (Å²) in [6, 6.07) is 19.1. The lowest BCUT2D eigenvalue weighted by molar-refractivity contribution is -0.129. The van der Waals surface area contributed by atoms with Crippen LogP contribution in [0.25, 0.3) is 0 Å². The molecule has 3 amide bonds. The highest BCUT2D eigenvalue weighted by Crippen LogP contribution is 2.28. The fourth-order valence-corrected chi connectivity index (χ4v) is 4.51. The number of benzene rings is 3. The minimum Gasteiger partial charge on any atom is -0.366 e. The first-order valence-corrected chi connectivity index (χ1v) is 12.0. The number of aliphatic imine (C=N–C) groups is 1. The number of primary amides is 1. The van der Waals surface area contributed by atoms with Crippen molar-refractivity contribution in [3.63, 3.8) is 0 Å². The first kappa shape index (κ1) is 25.4. The number of halogens is 2. The average molecular weight is 523 g/mol. The van der Waals surface area contributed by atoms with Gasteiger partial charge in [-0.3, -0.25) is 14.4 Å². The van der Waals surface area contributed by atoms with Gasteiger partial charge in [0, 0.05) is 39.7 Å². The Morgan fingerprint density at radius 3 is 2.44 bits per heavy atom. The van der Waals surface area contributed by atoms with Crippen molar-refractivity contribution in [3.05, 3.63) is 99.0 Å². The monoisotopic (exact) mass is 522 g/mol. The van der Waals surface area contributed by atoms with Gasteiger partial charge in [-0.2, -0.15) is 0 Å². The highest BCUT2D eigenvalue weighted by Gasteiger charge is 2.32. The summed E-state index contributed by atoms with van der Waals surface area (Å²) in [5.41, 5.74) is 9.07. The lowest BCUT2D eigenvalue weighted by Gasteiger charge is -2.22. The zero-order chi connectivity index (χ0) is 26.0.